The lowest BCUT2D eigenvalue weighted by atomic mass is 10.0. The topological polar surface area (TPSA) is 56.0 Å². The van der Waals surface area contributed by atoms with Crippen LogP contribution in [-0.2, 0) is 6.54 Å². The summed E-state index contributed by atoms with van der Waals surface area (Å²) in [5, 5.41) is 22.1. The Balaban J connectivity index is 2.06. The Morgan fingerprint density at radius 1 is 1.25 bits per heavy atom. The molecule has 2 rings (SSSR count). The van der Waals surface area contributed by atoms with Crippen molar-refractivity contribution in [3.8, 4) is 11.8 Å². The summed E-state index contributed by atoms with van der Waals surface area (Å²) in [7, 11) is 0. The predicted molar refractivity (Wildman–Crippen MR) is 79.3 cm³/mol. The molecule has 0 aliphatic carbocycles. The van der Waals surface area contributed by atoms with E-state index in [9.17, 15) is 5.11 Å². The maximum absolute atomic E-state index is 9.90. The Bertz CT molecular complexity index is 644. The van der Waals surface area contributed by atoms with Crippen molar-refractivity contribution in [1.82, 2.24) is 5.32 Å². The summed E-state index contributed by atoms with van der Waals surface area (Å²) in [5.74, 6) is 0.307. The first-order chi connectivity index (χ1) is 9.60. The van der Waals surface area contributed by atoms with Gasteiger partial charge in [0.25, 0.3) is 0 Å². The van der Waals surface area contributed by atoms with E-state index in [4.69, 9.17) is 5.26 Å². The summed E-state index contributed by atoms with van der Waals surface area (Å²) < 4.78 is 0. The minimum absolute atomic E-state index is 0.0423. The average molecular weight is 266 g/mol. The van der Waals surface area contributed by atoms with E-state index >= 15 is 0 Å². The van der Waals surface area contributed by atoms with Gasteiger partial charge in [0.05, 0.1) is 11.6 Å². The Hall–Kier alpha value is -2.31. The van der Waals surface area contributed by atoms with Crippen molar-refractivity contribution in [3.05, 3.63) is 64.7 Å². The molecule has 1 unspecified atom stereocenters. The third-order valence-electron chi connectivity index (χ3n) is 3.32. The molecule has 0 radical (unpaired) electrons. The van der Waals surface area contributed by atoms with Gasteiger partial charge in [-0.1, -0.05) is 29.8 Å². The number of phenols is 1. The predicted octanol–water partition coefficient (Wildman–Crippen LogP) is 3.42. The van der Waals surface area contributed by atoms with Gasteiger partial charge in [-0.2, -0.15) is 5.26 Å². The van der Waals surface area contributed by atoms with Crippen LogP contribution in [0.1, 0.15) is 35.2 Å². The lowest BCUT2D eigenvalue weighted by molar-refractivity contribution is 0.452. The molecule has 2 aromatic rings. The highest BCUT2D eigenvalue weighted by molar-refractivity contribution is 5.38. The van der Waals surface area contributed by atoms with Crippen LogP contribution in [0.5, 0.6) is 5.75 Å². The number of hydrogen-bond acceptors (Lipinski definition) is 3. The molecule has 3 nitrogen and oxygen atoms in total. The number of hydrogen-bond donors (Lipinski definition) is 2. The van der Waals surface area contributed by atoms with E-state index < -0.39 is 0 Å². The van der Waals surface area contributed by atoms with Crippen LogP contribution in [0.4, 0.5) is 0 Å². The first-order valence-electron chi connectivity index (χ1n) is 6.62. The van der Waals surface area contributed by atoms with Crippen molar-refractivity contribution in [2.45, 2.75) is 26.4 Å². The Morgan fingerprint density at radius 3 is 2.80 bits per heavy atom. The highest BCUT2D eigenvalue weighted by Crippen LogP contribution is 2.25. The number of phenolic OH excluding ortho intramolecular Hbond substituents is 1. The van der Waals surface area contributed by atoms with Gasteiger partial charge in [0, 0.05) is 18.2 Å². The molecule has 0 saturated carbocycles. The van der Waals surface area contributed by atoms with Crippen LogP contribution >= 0.6 is 0 Å². The number of nitrogens with one attached hydrogen (secondary N) is 1. The molecule has 0 amide bonds. The second kappa shape index (κ2) is 6.23. The molecule has 0 saturated heterocycles. The summed E-state index contributed by atoms with van der Waals surface area (Å²) in [6, 6.07) is 15.3. The molecule has 0 aliphatic rings. The van der Waals surface area contributed by atoms with Crippen molar-refractivity contribution in [2.24, 2.45) is 0 Å². The zero-order chi connectivity index (χ0) is 14.5. The smallest absolute Gasteiger partial charge is 0.120 e. The van der Waals surface area contributed by atoms with E-state index in [0.29, 0.717) is 17.9 Å². The summed E-state index contributed by atoms with van der Waals surface area (Å²) >= 11 is 0. The quantitative estimate of drug-likeness (QED) is 0.891. The van der Waals surface area contributed by atoms with Gasteiger partial charge in [0.1, 0.15) is 5.75 Å². The number of nitriles is 1. The number of aryl methyl sites for hydroxylation is 1. The molecule has 102 valence electrons. The third-order valence-corrected chi connectivity index (χ3v) is 3.32. The number of rotatable bonds is 4. The van der Waals surface area contributed by atoms with E-state index in [0.717, 1.165) is 16.7 Å². The average Bonchev–Trinajstić information content (AvgIpc) is 2.47. The second-order valence-electron chi connectivity index (χ2n) is 4.98. The minimum Gasteiger partial charge on any atom is -0.508 e. The highest BCUT2D eigenvalue weighted by Gasteiger charge is 2.10. The molecule has 2 N–H and O–H groups in total. The monoisotopic (exact) mass is 266 g/mol. The van der Waals surface area contributed by atoms with Gasteiger partial charge in [0.2, 0.25) is 0 Å². The highest BCUT2D eigenvalue weighted by atomic mass is 16.3. The van der Waals surface area contributed by atoms with Crippen LogP contribution < -0.4 is 5.32 Å². The molecular formula is C17H18N2O. The van der Waals surface area contributed by atoms with E-state index in [1.54, 1.807) is 12.1 Å². The molecule has 1 atom stereocenters. The van der Waals surface area contributed by atoms with Gasteiger partial charge >= 0.3 is 0 Å². The van der Waals surface area contributed by atoms with Crippen LogP contribution in [0, 0.1) is 18.3 Å². The molecule has 0 spiro atoms. The molecule has 0 heterocycles. The van der Waals surface area contributed by atoms with Crippen molar-refractivity contribution in [1.29, 1.82) is 5.26 Å². The zero-order valence-corrected chi connectivity index (χ0v) is 11.7. The standard InChI is InChI=1S/C17H18N2O/c1-12-6-7-17(20)16(8-12)13(2)19-11-15-5-3-4-14(9-15)10-18/h3-9,13,19-20H,11H2,1-2H3. The normalized spacial score (nSPS) is 11.8. The lowest BCUT2D eigenvalue weighted by Crippen LogP contribution is -2.18. The van der Waals surface area contributed by atoms with Gasteiger partial charge in [-0.3, -0.25) is 0 Å². The molecular weight excluding hydrogens is 248 g/mol. The van der Waals surface area contributed by atoms with Gasteiger partial charge < -0.3 is 10.4 Å². The van der Waals surface area contributed by atoms with Crippen LogP contribution in [0.2, 0.25) is 0 Å². The van der Waals surface area contributed by atoms with Gasteiger partial charge in [-0.25, -0.2) is 0 Å². The van der Waals surface area contributed by atoms with E-state index in [-0.39, 0.29) is 6.04 Å². The van der Waals surface area contributed by atoms with Gasteiger partial charge in [-0.15, -0.1) is 0 Å². The number of aromatic hydroxyl groups is 1. The van der Waals surface area contributed by atoms with Crippen LogP contribution in [0.3, 0.4) is 0 Å². The van der Waals surface area contributed by atoms with E-state index in [1.807, 2.05) is 44.2 Å². The fourth-order valence-corrected chi connectivity index (χ4v) is 2.15. The maximum atomic E-state index is 9.90. The van der Waals surface area contributed by atoms with Crippen molar-refractivity contribution in [3.63, 3.8) is 0 Å². The molecule has 20 heavy (non-hydrogen) atoms. The van der Waals surface area contributed by atoms with E-state index in [1.165, 1.54) is 0 Å². The van der Waals surface area contributed by atoms with Gasteiger partial charge in [-0.05, 0) is 37.6 Å². The first-order valence-corrected chi connectivity index (χ1v) is 6.62. The molecule has 0 aromatic heterocycles. The van der Waals surface area contributed by atoms with Crippen LogP contribution in [-0.4, -0.2) is 5.11 Å². The lowest BCUT2D eigenvalue weighted by Gasteiger charge is -2.16. The molecule has 0 bridgehead atoms. The van der Waals surface area contributed by atoms with Crippen LogP contribution in [0.15, 0.2) is 42.5 Å². The first kappa shape index (κ1) is 14.1. The maximum Gasteiger partial charge on any atom is 0.120 e. The Morgan fingerprint density at radius 2 is 2.05 bits per heavy atom. The minimum atomic E-state index is 0.0423. The Kier molecular flexibility index (Phi) is 4.39. The summed E-state index contributed by atoms with van der Waals surface area (Å²) in [6.45, 7) is 4.68. The largest absolute Gasteiger partial charge is 0.508 e. The summed E-state index contributed by atoms with van der Waals surface area (Å²) in [5.41, 5.74) is 3.73. The fourth-order valence-electron chi connectivity index (χ4n) is 2.15. The second-order valence-corrected chi connectivity index (χ2v) is 4.98. The van der Waals surface area contributed by atoms with Crippen molar-refractivity contribution in [2.75, 3.05) is 0 Å². The summed E-state index contributed by atoms with van der Waals surface area (Å²) in [4.78, 5) is 0. The number of benzene rings is 2. The van der Waals surface area contributed by atoms with E-state index in [2.05, 4.69) is 11.4 Å². The molecule has 0 fully saturated rings. The number of nitrogens with zero attached hydrogens (tertiary/aromatic N) is 1. The third kappa shape index (κ3) is 3.37. The van der Waals surface area contributed by atoms with Gasteiger partial charge in [0.15, 0.2) is 0 Å². The zero-order valence-electron chi connectivity index (χ0n) is 11.7. The summed E-state index contributed by atoms with van der Waals surface area (Å²) in [6.07, 6.45) is 0. The molecule has 2 aromatic carbocycles. The van der Waals surface area contributed by atoms with Crippen molar-refractivity contribution < 1.29 is 5.11 Å². The molecule has 0 aliphatic heterocycles. The molecule has 3 heteroatoms. The van der Waals surface area contributed by atoms with Crippen LogP contribution in [0.25, 0.3) is 0 Å². The Labute approximate surface area is 119 Å². The van der Waals surface area contributed by atoms with Crippen molar-refractivity contribution >= 4 is 0 Å². The fraction of sp³-hybridized carbons (Fsp3) is 0.235. The SMILES string of the molecule is Cc1ccc(O)c(C(C)NCc2cccc(C#N)c2)c1.